The number of halogens is 1. The van der Waals surface area contributed by atoms with Gasteiger partial charge in [-0.2, -0.15) is 10.2 Å². The number of amides is 1. The Bertz CT molecular complexity index is 1290. The highest BCUT2D eigenvalue weighted by Crippen LogP contribution is 2.27. The van der Waals surface area contributed by atoms with Gasteiger partial charge in [-0.25, -0.2) is 0 Å². The predicted octanol–water partition coefficient (Wildman–Crippen LogP) is 2.79. The van der Waals surface area contributed by atoms with Gasteiger partial charge < -0.3 is 14.6 Å². The van der Waals surface area contributed by atoms with Crippen molar-refractivity contribution in [3.63, 3.8) is 0 Å². The summed E-state index contributed by atoms with van der Waals surface area (Å²) >= 11 is 5.90. The average Bonchev–Trinajstić information content (AvgIpc) is 3.52. The summed E-state index contributed by atoms with van der Waals surface area (Å²) in [6, 6.07) is 13.0. The molecule has 0 aliphatic heterocycles. The van der Waals surface area contributed by atoms with Crippen LogP contribution in [-0.2, 0) is 23.7 Å². The summed E-state index contributed by atoms with van der Waals surface area (Å²) in [6.45, 7) is 1.07. The van der Waals surface area contributed by atoms with E-state index in [4.69, 9.17) is 16.3 Å². The summed E-state index contributed by atoms with van der Waals surface area (Å²) < 4.78 is 7.09. The fraction of sp³-hybridized carbons (Fsp3) is 0.250. The van der Waals surface area contributed by atoms with Crippen LogP contribution in [0.15, 0.2) is 65.8 Å². The van der Waals surface area contributed by atoms with E-state index in [1.54, 1.807) is 36.3 Å². The molecule has 9 nitrogen and oxygen atoms in total. The van der Waals surface area contributed by atoms with E-state index in [1.807, 2.05) is 30.3 Å². The maximum atomic E-state index is 12.9. The van der Waals surface area contributed by atoms with Crippen molar-refractivity contribution in [1.82, 2.24) is 30.3 Å². The number of benzene rings is 1. The van der Waals surface area contributed by atoms with Crippen molar-refractivity contribution in [3.05, 3.63) is 105 Å². The second kappa shape index (κ2) is 11.0. The lowest BCUT2D eigenvalue weighted by molar-refractivity contribution is 0.0948. The van der Waals surface area contributed by atoms with E-state index >= 15 is 0 Å². The predicted molar refractivity (Wildman–Crippen MR) is 128 cm³/mol. The van der Waals surface area contributed by atoms with Crippen LogP contribution in [0.4, 0.5) is 0 Å². The van der Waals surface area contributed by atoms with Crippen LogP contribution in [0, 0.1) is 0 Å². The number of aromatic amines is 2. The molecule has 176 valence electrons. The third kappa shape index (κ3) is 5.27. The van der Waals surface area contributed by atoms with Gasteiger partial charge in [0.1, 0.15) is 0 Å². The van der Waals surface area contributed by atoms with Crippen molar-refractivity contribution in [2.75, 3.05) is 13.7 Å². The molecule has 0 radical (unpaired) electrons. The van der Waals surface area contributed by atoms with Gasteiger partial charge in [0.2, 0.25) is 0 Å². The van der Waals surface area contributed by atoms with Crippen molar-refractivity contribution in [3.8, 4) is 0 Å². The fourth-order valence-corrected chi connectivity index (χ4v) is 3.99. The molecule has 1 aromatic carbocycles. The van der Waals surface area contributed by atoms with E-state index in [0.29, 0.717) is 36.0 Å². The summed E-state index contributed by atoms with van der Waals surface area (Å²) in [5.74, 6) is -0.216. The quantitative estimate of drug-likeness (QED) is 0.302. The summed E-state index contributed by atoms with van der Waals surface area (Å²) in [6.07, 6.45) is 5.05. The molecule has 0 aliphatic rings. The number of nitrogens with one attached hydrogen (secondary N) is 3. The van der Waals surface area contributed by atoms with Gasteiger partial charge in [-0.3, -0.25) is 19.8 Å². The first-order valence-corrected chi connectivity index (χ1v) is 11.3. The maximum absolute atomic E-state index is 12.9. The third-order valence-electron chi connectivity index (χ3n) is 5.58. The first kappa shape index (κ1) is 23.5. The minimum atomic E-state index is -0.270. The molecule has 4 aromatic rings. The third-order valence-corrected chi connectivity index (χ3v) is 5.87. The van der Waals surface area contributed by atoms with E-state index in [2.05, 4.69) is 25.7 Å². The Morgan fingerprint density at radius 3 is 2.68 bits per heavy atom. The number of rotatable bonds is 10. The highest BCUT2D eigenvalue weighted by atomic mass is 35.5. The normalized spacial score (nSPS) is 11.9. The zero-order valence-corrected chi connectivity index (χ0v) is 19.4. The molecule has 0 fully saturated rings. The molecule has 1 unspecified atom stereocenters. The fourth-order valence-electron chi connectivity index (χ4n) is 3.76. The highest BCUT2D eigenvalue weighted by molar-refractivity contribution is 6.17. The Labute approximate surface area is 201 Å². The summed E-state index contributed by atoms with van der Waals surface area (Å²) in [7, 11) is 1.61. The van der Waals surface area contributed by atoms with Crippen molar-refractivity contribution in [2.24, 2.45) is 0 Å². The van der Waals surface area contributed by atoms with Crippen LogP contribution in [0.2, 0.25) is 0 Å². The zero-order chi connectivity index (χ0) is 23.9. The monoisotopic (exact) mass is 480 g/mol. The number of ether oxygens (including phenoxy) is 1. The van der Waals surface area contributed by atoms with E-state index in [1.165, 1.54) is 6.07 Å². The second-order valence-corrected chi connectivity index (χ2v) is 8.04. The lowest BCUT2D eigenvalue weighted by Gasteiger charge is -2.17. The molecule has 0 saturated heterocycles. The van der Waals surface area contributed by atoms with Gasteiger partial charge in [-0.1, -0.05) is 30.3 Å². The topological polar surface area (TPSA) is 118 Å². The van der Waals surface area contributed by atoms with Crippen LogP contribution in [0.3, 0.4) is 0 Å². The minimum Gasteiger partial charge on any atom is -0.384 e. The molecule has 1 amide bonds. The average molecular weight is 481 g/mol. The molecule has 4 rings (SSSR count). The molecule has 3 heterocycles. The second-order valence-electron chi connectivity index (χ2n) is 7.77. The van der Waals surface area contributed by atoms with Crippen LogP contribution in [0.25, 0.3) is 0 Å². The van der Waals surface area contributed by atoms with Gasteiger partial charge >= 0.3 is 0 Å². The molecule has 34 heavy (non-hydrogen) atoms. The van der Waals surface area contributed by atoms with Crippen LogP contribution in [0.5, 0.6) is 0 Å². The number of pyridine rings is 1. The van der Waals surface area contributed by atoms with Crippen molar-refractivity contribution in [2.45, 2.75) is 24.9 Å². The van der Waals surface area contributed by atoms with Gasteiger partial charge in [0.15, 0.2) is 0 Å². The molecular formula is C24H25ClN6O3. The van der Waals surface area contributed by atoms with Crippen molar-refractivity contribution < 1.29 is 9.53 Å². The van der Waals surface area contributed by atoms with Crippen molar-refractivity contribution >= 4 is 17.5 Å². The van der Waals surface area contributed by atoms with E-state index in [-0.39, 0.29) is 23.9 Å². The number of aromatic nitrogens is 5. The lowest BCUT2D eigenvalue weighted by atomic mass is 9.93. The number of carbonyl (C=O) groups is 1. The molecule has 1 atom stereocenters. The number of H-pyrrole nitrogens is 2. The Morgan fingerprint density at radius 1 is 1.15 bits per heavy atom. The van der Waals surface area contributed by atoms with Gasteiger partial charge in [0.25, 0.3) is 11.5 Å². The number of nitrogens with zero attached hydrogens (tertiary/aromatic N) is 3. The number of methoxy groups -OCH3 is 1. The Balaban J connectivity index is 1.51. The number of carbonyl (C=O) groups excluding carboxylic acids is 1. The lowest BCUT2D eigenvalue weighted by Crippen LogP contribution is -2.25. The van der Waals surface area contributed by atoms with Gasteiger partial charge in [0.05, 0.1) is 48.4 Å². The number of hydrogen-bond acceptors (Lipinski definition) is 5. The Hall–Kier alpha value is -3.69. The van der Waals surface area contributed by atoms with Gasteiger partial charge in [-0.15, -0.1) is 11.6 Å². The molecule has 3 N–H and O–H groups in total. The summed E-state index contributed by atoms with van der Waals surface area (Å²) in [5, 5.41) is 16.9. The van der Waals surface area contributed by atoms with Crippen LogP contribution in [-0.4, -0.2) is 44.6 Å². The first-order chi connectivity index (χ1) is 16.6. The van der Waals surface area contributed by atoms with E-state index in [0.717, 1.165) is 16.7 Å². The first-order valence-electron chi connectivity index (χ1n) is 10.7. The zero-order valence-electron chi connectivity index (χ0n) is 18.6. The molecule has 3 aromatic heterocycles. The Kier molecular flexibility index (Phi) is 7.56. The summed E-state index contributed by atoms with van der Waals surface area (Å²) in [5.41, 5.74) is 4.44. The van der Waals surface area contributed by atoms with Crippen LogP contribution < -0.4 is 10.9 Å². The number of hydrogen-bond donors (Lipinski definition) is 3. The summed E-state index contributed by atoms with van der Waals surface area (Å²) in [4.78, 5) is 24.9. The highest BCUT2D eigenvalue weighted by Gasteiger charge is 2.24. The molecule has 0 spiro atoms. The SMILES string of the molecule is COCC(c1ccc(Cn2ccccc2=O)cc1)c1n[nH]cc1C(=O)NCc1n[nH]cc1CCl. The van der Waals surface area contributed by atoms with E-state index in [9.17, 15) is 9.59 Å². The molecular weight excluding hydrogens is 456 g/mol. The van der Waals surface area contributed by atoms with E-state index < -0.39 is 0 Å². The maximum Gasteiger partial charge on any atom is 0.255 e. The molecule has 10 heteroatoms. The molecule has 0 bridgehead atoms. The smallest absolute Gasteiger partial charge is 0.255 e. The molecule has 0 saturated carbocycles. The Morgan fingerprint density at radius 2 is 1.94 bits per heavy atom. The standard InChI is InChI=1S/C24H25ClN6O3/c1-34-15-20(17-7-5-16(6-8-17)14-31-9-3-2-4-22(31)32)23-19(12-28-30-23)24(33)26-13-21-18(10-25)11-27-29-21/h2-9,11-12,20H,10,13-15H2,1H3,(H,26,33)(H,27,29)(H,28,30). The van der Waals surface area contributed by atoms with Crippen LogP contribution >= 0.6 is 11.6 Å². The van der Waals surface area contributed by atoms with Crippen LogP contribution in [0.1, 0.15) is 44.4 Å². The largest absolute Gasteiger partial charge is 0.384 e. The molecule has 0 aliphatic carbocycles. The van der Waals surface area contributed by atoms with Gasteiger partial charge in [0, 0.05) is 37.3 Å². The number of alkyl halides is 1. The minimum absolute atomic E-state index is 0.0518. The van der Waals surface area contributed by atoms with Gasteiger partial charge in [-0.05, 0) is 17.2 Å². The van der Waals surface area contributed by atoms with Crippen molar-refractivity contribution in [1.29, 1.82) is 0 Å².